The molecule has 1 saturated heterocycles. The number of aromatic nitrogens is 2. The molecule has 5 rings (SSSR count). The average Bonchev–Trinajstić information content (AvgIpc) is 2.79. The molecule has 2 aromatic rings. The number of rotatable bonds is 6. The molecule has 176 valence electrons. The lowest BCUT2D eigenvalue weighted by Crippen LogP contribution is -2.55. The van der Waals surface area contributed by atoms with E-state index in [1.54, 1.807) is 12.3 Å². The fourth-order valence-corrected chi connectivity index (χ4v) is 4.83. The van der Waals surface area contributed by atoms with Crippen LogP contribution in [-0.4, -0.2) is 75.8 Å². The first-order valence-electron chi connectivity index (χ1n) is 12.0. The van der Waals surface area contributed by atoms with Gasteiger partial charge in [0.05, 0.1) is 23.3 Å². The zero-order chi connectivity index (χ0) is 22.8. The van der Waals surface area contributed by atoms with E-state index < -0.39 is 0 Å². The van der Waals surface area contributed by atoms with Crippen LogP contribution in [0, 0.1) is 0 Å². The van der Waals surface area contributed by atoms with Gasteiger partial charge >= 0.3 is 0 Å². The number of carbonyl (C=O) groups excluding carboxylic acids is 2. The maximum Gasteiger partial charge on any atom is 0.253 e. The molecule has 9 heteroatoms. The van der Waals surface area contributed by atoms with Crippen LogP contribution in [0.2, 0.25) is 0 Å². The monoisotopic (exact) mass is 453 g/mol. The van der Waals surface area contributed by atoms with Gasteiger partial charge in [0.15, 0.2) is 0 Å². The van der Waals surface area contributed by atoms with Crippen LogP contribution in [0.4, 0.5) is 5.95 Å². The summed E-state index contributed by atoms with van der Waals surface area (Å²) in [5.74, 6) is 0.316. The van der Waals surface area contributed by atoms with Crippen molar-refractivity contribution in [1.29, 1.82) is 0 Å². The Bertz CT molecular complexity index is 1020. The maximum absolute atomic E-state index is 13.0. The Labute approximate surface area is 192 Å². The van der Waals surface area contributed by atoms with E-state index in [0.717, 1.165) is 43.9 Å². The third-order valence-electron chi connectivity index (χ3n) is 7.05. The van der Waals surface area contributed by atoms with E-state index in [0.29, 0.717) is 36.2 Å². The summed E-state index contributed by atoms with van der Waals surface area (Å²) in [6, 6.07) is 6.02. The number of anilines is 1. The molecule has 33 heavy (non-hydrogen) atoms. The SMILES string of the molecule is O=C(NCC1CN(C2CCC2)C(=O)CO1)c1cccc2cnc(NC3CCC(O)CC3)nc12. The van der Waals surface area contributed by atoms with Crippen LogP contribution in [0.5, 0.6) is 0 Å². The summed E-state index contributed by atoms with van der Waals surface area (Å²) < 4.78 is 5.66. The molecule has 0 bridgehead atoms. The molecule has 0 radical (unpaired) electrons. The van der Waals surface area contributed by atoms with E-state index in [9.17, 15) is 14.7 Å². The zero-order valence-corrected chi connectivity index (χ0v) is 18.7. The summed E-state index contributed by atoms with van der Waals surface area (Å²) in [7, 11) is 0. The second-order valence-electron chi connectivity index (χ2n) is 9.36. The van der Waals surface area contributed by atoms with Gasteiger partial charge in [0.1, 0.15) is 6.61 Å². The van der Waals surface area contributed by atoms with Gasteiger partial charge in [-0.3, -0.25) is 9.59 Å². The first-order valence-corrected chi connectivity index (χ1v) is 12.0. The highest BCUT2D eigenvalue weighted by Crippen LogP contribution is 2.27. The number of nitrogens with one attached hydrogen (secondary N) is 2. The first-order chi connectivity index (χ1) is 16.1. The molecule has 0 spiro atoms. The van der Waals surface area contributed by atoms with Gasteiger partial charge in [-0.15, -0.1) is 0 Å². The molecule has 3 fully saturated rings. The molecule has 1 aromatic heterocycles. The number of aliphatic hydroxyl groups excluding tert-OH is 1. The summed E-state index contributed by atoms with van der Waals surface area (Å²) in [6.07, 6.45) is 7.84. The molecule has 1 aromatic carbocycles. The van der Waals surface area contributed by atoms with E-state index >= 15 is 0 Å². The molecule has 3 aliphatic rings. The van der Waals surface area contributed by atoms with E-state index in [1.807, 2.05) is 17.0 Å². The molecule has 2 heterocycles. The molecule has 1 atom stereocenters. The summed E-state index contributed by atoms with van der Waals surface area (Å²) in [4.78, 5) is 36.1. The van der Waals surface area contributed by atoms with Gasteiger partial charge < -0.3 is 25.4 Å². The quantitative estimate of drug-likeness (QED) is 0.611. The number of ether oxygens (including phenoxy) is 1. The van der Waals surface area contributed by atoms with Crippen LogP contribution in [0.15, 0.2) is 24.4 Å². The molecule has 1 unspecified atom stereocenters. The van der Waals surface area contributed by atoms with Crippen molar-refractivity contribution in [3.63, 3.8) is 0 Å². The number of hydrogen-bond acceptors (Lipinski definition) is 7. The minimum atomic E-state index is -0.221. The number of amides is 2. The number of aliphatic hydroxyl groups is 1. The van der Waals surface area contributed by atoms with E-state index in [4.69, 9.17) is 4.74 Å². The van der Waals surface area contributed by atoms with Crippen molar-refractivity contribution < 1.29 is 19.4 Å². The fourth-order valence-electron chi connectivity index (χ4n) is 4.83. The van der Waals surface area contributed by atoms with Gasteiger partial charge in [0, 0.05) is 36.8 Å². The third-order valence-corrected chi connectivity index (χ3v) is 7.05. The van der Waals surface area contributed by atoms with Gasteiger partial charge in [0.25, 0.3) is 5.91 Å². The highest BCUT2D eigenvalue weighted by molar-refractivity contribution is 6.05. The predicted octanol–water partition coefficient (Wildman–Crippen LogP) is 1.85. The Hall–Kier alpha value is -2.78. The number of fused-ring (bicyclic) bond motifs is 1. The zero-order valence-electron chi connectivity index (χ0n) is 18.7. The van der Waals surface area contributed by atoms with E-state index in [1.165, 1.54) is 6.42 Å². The van der Waals surface area contributed by atoms with Crippen molar-refractivity contribution in [2.24, 2.45) is 0 Å². The molecule has 9 nitrogen and oxygen atoms in total. The van der Waals surface area contributed by atoms with E-state index in [2.05, 4.69) is 20.6 Å². The number of para-hydroxylation sites is 1. The number of morpholine rings is 1. The van der Waals surface area contributed by atoms with Crippen molar-refractivity contribution >= 4 is 28.7 Å². The normalized spacial score (nSPS) is 26.2. The van der Waals surface area contributed by atoms with Crippen LogP contribution >= 0.6 is 0 Å². The lowest BCUT2D eigenvalue weighted by Gasteiger charge is -2.42. The van der Waals surface area contributed by atoms with Gasteiger partial charge in [-0.2, -0.15) is 0 Å². The first kappa shape index (κ1) is 22.0. The van der Waals surface area contributed by atoms with Crippen LogP contribution in [0.25, 0.3) is 10.9 Å². The van der Waals surface area contributed by atoms with Crippen molar-refractivity contribution in [2.75, 3.05) is 25.0 Å². The molecule has 1 aliphatic heterocycles. The van der Waals surface area contributed by atoms with Crippen molar-refractivity contribution in [1.82, 2.24) is 20.2 Å². The Balaban J connectivity index is 1.24. The molecule has 2 saturated carbocycles. The van der Waals surface area contributed by atoms with Gasteiger partial charge in [-0.05, 0) is 51.0 Å². The Morgan fingerprint density at radius 3 is 2.76 bits per heavy atom. The average molecular weight is 454 g/mol. The van der Waals surface area contributed by atoms with Crippen LogP contribution < -0.4 is 10.6 Å². The second kappa shape index (κ2) is 9.61. The van der Waals surface area contributed by atoms with Crippen molar-refractivity contribution in [3.8, 4) is 0 Å². The Morgan fingerprint density at radius 1 is 1.18 bits per heavy atom. The molecular formula is C24H31N5O4. The number of nitrogens with zero attached hydrogens (tertiary/aromatic N) is 3. The van der Waals surface area contributed by atoms with E-state index in [-0.39, 0.29) is 36.7 Å². The van der Waals surface area contributed by atoms with Gasteiger partial charge in [-0.1, -0.05) is 12.1 Å². The maximum atomic E-state index is 13.0. The molecule has 2 aliphatic carbocycles. The molecule has 3 N–H and O–H groups in total. The number of benzene rings is 1. The Morgan fingerprint density at radius 2 is 2.00 bits per heavy atom. The van der Waals surface area contributed by atoms with Crippen molar-refractivity contribution in [3.05, 3.63) is 30.0 Å². The van der Waals surface area contributed by atoms with Gasteiger partial charge in [-0.25, -0.2) is 9.97 Å². The predicted molar refractivity (Wildman–Crippen MR) is 123 cm³/mol. The highest BCUT2D eigenvalue weighted by Gasteiger charge is 2.34. The third kappa shape index (κ3) is 4.94. The van der Waals surface area contributed by atoms with Crippen LogP contribution in [-0.2, 0) is 9.53 Å². The minimum absolute atomic E-state index is 0.0422. The van der Waals surface area contributed by atoms with Crippen LogP contribution in [0.1, 0.15) is 55.3 Å². The summed E-state index contributed by atoms with van der Waals surface area (Å²) in [5.41, 5.74) is 1.08. The highest BCUT2D eigenvalue weighted by atomic mass is 16.5. The topological polar surface area (TPSA) is 117 Å². The van der Waals surface area contributed by atoms with Gasteiger partial charge in [0.2, 0.25) is 11.9 Å². The Kier molecular flexibility index (Phi) is 6.41. The van der Waals surface area contributed by atoms with Crippen molar-refractivity contribution in [2.45, 2.75) is 69.2 Å². The minimum Gasteiger partial charge on any atom is -0.393 e. The molecule has 2 amide bonds. The number of hydrogen-bond donors (Lipinski definition) is 3. The smallest absolute Gasteiger partial charge is 0.253 e. The summed E-state index contributed by atoms with van der Waals surface area (Å²) in [6.45, 7) is 0.934. The largest absolute Gasteiger partial charge is 0.393 e. The fraction of sp³-hybridized carbons (Fsp3) is 0.583. The standard InChI is InChI=1S/C24H31N5O4/c30-18-9-7-16(8-10-18)27-24-26-11-15-3-1-6-20(22(15)28-24)23(32)25-12-19-13-29(17-4-2-5-17)21(31)14-33-19/h1,3,6,11,16-19,30H,2,4-5,7-10,12-14H2,(H,25,32)(H,26,27,28). The lowest BCUT2D eigenvalue weighted by molar-refractivity contribution is -0.154. The van der Waals surface area contributed by atoms with Crippen LogP contribution in [0.3, 0.4) is 0 Å². The lowest BCUT2D eigenvalue weighted by atomic mass is 9.91. The second-order valence-corrected chi connectivity index (χ2v) is 9.36. The summed E-state index contributed by atoms with van der Waals surface area (Å²) in [5, 5.41) is 16.8. The number of carbonyl (C=O) groups is 2. The molecular weight excluding hydrogens is 422 g/mol. The summed E-state index contributed by atoms with van der Waals surface area (Å²) >= 11 is 0.